The number of aliphatic hydroxyl groups excluding tert-OH is 1. The summed E-state index contributed by atoms with van der Waals surface area (Å²) in [5.74, 6) is -1.07. The highest BCUT2D eigenvalue weighted by Gasteiger charge is 2.21. The van der Waals surface area contributed by atoms with Gasteiger partial charge in [0.15, 0.2) is 0 Å². The molecule has 0 bridgehead atoms. The van der Waals surface area contributed by atoms with E-state index in [0.29, 0.717) is 0 Å². The molecular formula is C8H14N4O3. The Kier molecular flexibility index (Phi) is 3.04. The van der Waals surface area contributed by atoms with Crippen molar-refractivity contribution in [2.75, 3.05) is 0 Å². The van der Waals surface area contributed by atoms with Gasteiger partial charge in [-0.2, -0.15) is 4.80 Å². The van der Waals surface area contributed by atoms with Crippen molar-refractivity contribution in [2.24, 2.45) is 0 Å². The lowest BCUT2D eigenvalue weighted by atomic mass is 10.1. The van der Waals surface area contributed by atoms with E-state index in [2.05, 4.69) is 15.4 Å². The van der Waals surface area contributed by atoms with Gasteiger partial charge in [-0.25, -0.2) is 0 Å². The van der Waals surface area contributed by atoms with Crippen molar-refractivity contribution >= 4 is 5.97 Å². The van der Waals surface area contributed by atoms with E-state index < -0.39 is 18.5 Å². The molecule has 0 aliphatic carbocycles. The lowest BCUT2D eigenvalue weighted by Gasteiger charge is -2.15. The first-order valence-electron chi connectivity index (χ1n) is 4.51. The van der Waals surface area contributed by atoms with E-state index in [1.165, 1.54) is 4.80 Å². The van der Waals surface area contributed by atoms with Gasteiger partial charge in [0.25, 0.3) is 0 Å². The highest BCUT2D eigenvalue weighted by atomic mass is 16.4. The second-order valence-electron chi connectivity index (χ2n) is 4.22. The molecule has 2 N–H and O–H groups in total. The summed E-state index contributed by atoms with van der Waals surface area (Å²) in [6.07, 6.45) is -1.63. The average Bonchev–Trinajstić information content (AvgIpc) is 2.48. The first kappa shape index (κ1) is 11.6. The second kappa shape index (κ2) is 3.93. The van der Waals surface area contributed by atoms with Crippen molar-refractivity contribution in [2.45, 2.75) is 38.8 Å². The maximum absolute atomic E-state index is 10.3. The second-order valence-corrected chi connectivity index (χ2v) is 4.22. The van der Waals surface area contributed by atoms with Crippen LogP contribution in [0.5, 0.6) is 0 Å². The Labute approximate surface area is 86.7 Å². The van der Waals surface area contributed by atoms with Crippen molar-refractivity contribution in [1.29, 1.82) is 0 Å². The normalized spacial score (nSPS) is 13.9. The molecule has 1 rings (SSSR count). The fourth-order valence-electron chi connectivity index (χ4n) is 0.899. The summed E-state index contributed by atoms with van der Waals surface area (Å²) < 4.78 is 0. The van der Waals surface area contributed by atoms with Crippen molar-refractivity contribution in [3.05, 3.63) is 5.82 Å². The van der Waals surface area contributed by atoms with Crippen LogP contribution in [0.15, 0.2) is 0 Å². The van der Waals surface area contributed by atoms with Crippen LogP contribution in [0.1, 0.15) is 39.1 Å². The maximum atomic E-state index is 10.3. The van der Waals surface area contributed by atoms with E-state index in [1.54, 1.807) is 0 Å². The van der Waals surface area contributed by atoms with Crippen molar-refractivity contribution in [1.82, 2.24) is 20.2 Å². The van der Waals surface area contributed by atoms with E-state index in [9.17, 15) is 9.90 Å². The minimum atomic E-state index is -1.21. The summed E-state index contributed by atoms with van der Waals surface area (Å²) in [5, 5.41) is 29.1. The summed E-state index contributed by atoms with van der Waals surface area (Å²) in [6.45, 7) is 5.63. The number of carbonyl (C=O) groups is 1. The summed E-state index contributed by atoms with van der Waals surface area (Å²) in [6, 6.07) is 0. The van der Waals surface area contributed by atoms with Gasteiger partial charge in [-0.1, -0.05) is 0 Å². The molecule has 0 spiro atoms. The zero-order valence-corrected chi connectivity index (χ0v) is 8.88. The molecule has 0 aliphatic rings. The number of hydrogen-bond donors (Lipinski definition) is 2. The van der Waals surface area contributed by atoms with Crippen LogP contribution < -0.4 is 0 Å². The molecule has 1 atom stereocenters. The maximum Gasteiger partial charge on any atom is 0.306 e. The van der Waals surface area contributed by atoms with Crippen molar-refractivity contribution < 1.29 is 15.0 Å². The summed E-state index contributed by atoms with van der Waals surface area (Å²) in [7, 11) is 0. The standard InChI is InChI=1S/C8H14N4O3/c1-8(2,3)12-10-7(9-11-12)5(13)4-6(14)15/h5,13H,4H2,1-3H3,(H,14,15). The molecule has 0 saturated heterocycles. The Bertz CT molecular complexity index is 355. The van der Waals surface area contributed by atoms with E-state index in [4.69, 9.17) is 5.11 Å². The van der Waals surface area contributed by atoms with Crippen molar-refractivity contribution in [3.8, 4) is 0 Å². The Hall–Kier alpha value is -1.50. The van der Waals surface area contributed by atoms with Gasteiger partial charge < -0.3 is 10.2 Å². The number of aliphatic carboxylic acids is 1. The van der Waals surface area contributed by atoms with E-state index in [0.717, 1.165) is 0 Å². The zero-order chi connectivity index (χ0) is 11.6. The molecule has 0 amide bonds. The molecule has 0 aliphatic heterocycles. The van der Waals surface area contributed by atoms with Gasteiger partial charge in [-0.3, -0.25) is 4.79 Å². The third kappa shape index (κ3) is 2.98. The predicted octanol–water partition coefficient (Wildman–Crippen LogP) is -0.0638. The molecule has 7 nitrogen and oxygen atoms in total. The van der Waals surface area contributed by atoms with Gasteiger partial charge in [0, 0.05) is 0 Å². The van der Waals surface area contributed by atoms with Gasteiger partial charge in [0.1, 0.15) is 6.10 Å². The van der Waals surface area contributed by atoms with Crippen LogP contribution in [0.4, 0.5) is 0 Å². The lowest BCUT2D eigenvalue weighted by Crippen LogP contribution is -2.25. The molecule has 0 aromatic carbocycles. The van der Waals surface area contributed by atoms with Crippen LogP contribution in [-0.2, 0) is 10.3 Å². The Morgan fingerprint density at radius 2 is 2.13 bits per heavy atom. The molecular weight excluding hydrogens is 200 g/mol. The predicted molar refractivity (Wildman–Crippen MR) is 50.0 cm³/mol. The zero-order valence-electron chi connectivity index (χ0n) is 8.88. The first-order valence-corrected chi connectivity index (χ1v) is 4.51. The van der Waals surface area contributed by atoms with Gasteiger partial charge in [0.2, 0.25) is 5.82 Å². The Morgan fingerprint density at radius 3 is 2.53 bits per heavy atom. The van der Waals surface area contributed by atoms with Gasteiger partial charge in [0.05, 0.1) is 12.0 Å². The number of rotatable bonds is 3. The van der Waals surface area contributed by atoms with E-state index in [1.807, 2.05) is 20.8 Å². The smallest absolute Gasteiger partial charge is 0.306 e. The first-order chi connectivity index (χ1) is 6.80. The molecule has 84 valence electrons. The molecule has 15 heavy (non-hydrogen) atoms. The van der Waals surface area contributed by atoms with Crippen LogP contribution >= 0.6 is 0 Å². The van der Waals surface area contributed by atoms with Crippen LogP contribution in [0.2, 0.25) is 0 Å². The molecule has 1 unspecified atom stereocenters. The van der Waals surface area contributed by atoms with E-state index in [-0.39, 0.29) is 11.4 Å². The number of carboxylic acid groups (broad SMARTS) is 1. The molecule has 1 heterocycles. The minimum absolute atomic E-state index is 0.0346. The molecule has 1 aromatic heterocycles. The monoisotopic (exact) mass is 214 g/mol. The third-order valence-corrected chi connectivity index (χ3v) is 1.70. The van der Waals surface area contributed by atoms with Crippen LogP contribution in [0, 0.1) is 0 Å². The number of aromatic nitrogens is 4. The van der Waals surface area contributed by atoms with Gasteiger partial charge in [-0.15, -0.1) is 10.2 Å². The molecule has 0 saturated carbocycles. The largest absolute Gasteiger partial charge is 0.481 e. The highest BCUT2D eigenvalue weighted by molar-refractivity contribution is 5.67. The number of hydrogen-bond acceptors (Lipinski definition) is 5. The number of aliphatic hydroxyl groups is 1. The van der Waals surface area contributed by atoms with Gasteiger partial charge >= 0.3 is 5.97 Å². The summed E-state index contributed by atoms with van der Waals surface area (Å²) in [4.78, 5) is 11.7. The number of carboxylic acids is 1. The summed E-state index contributed by atoms with van der Waals surface area (Å²) in [5.41, 5.74) is -0.339. The highest BCUT2D eigenvalue weighted by Crippen LogP contribution is 2.14. The SMILES string of the molecule is CC(C)(C)n1nnc(C(O)CC(=O)O)n1. The van der Waals surface area contributed by atoms with Gasteiger partial charge in [-0.05, 0) is 26.0 Å². The number of tetrazole rings is 1. The molecule has 0 radical (unpaired) electrons. The van der Waals surface area contributed by atoms with E-state index >= 15 is 0 Å². The number of nitrogens with zero attached hydrogens (tertiary/aromatic N) is 4. The van der Waals surface area contributed by atoms with Crippen LogP contribution in [0.25, 0.3) is 0 Å². The summed E-state index contributed by atoms with van der Waals surface area (Å²) >= 11 is 0. The fourth-order valence-corrected chi connectivity index (χ4v) is 0.899. The minimum Gasteiger partial charge on any atom is -0.481 e. The molecule has 7 heteroatoms. The third-order valence-electron chi connectivity index (χ3n) is 1.70. The average molecular weight is 214 g/mol. The van der Waals surface area contributed by atoms with Crippen molar-refractivity contribution in [3.63, 3.8) is 0 Å². The lowest BCUT2D eigenvalue weighted by molar-refractivity contribution is -0.139. The molecule has 0 fully saturated rings. The quantitative estimate of drug-likeness (QED) is 0.730. The Balaban J connectivity index is 2.80. The van der Waals surface area contributed by atoms with Crippen LogP contribution in [-0.4, -0.2) is 36.4 Å². The molecule has 1 aromatic rings. The topological polar surface area (TPSA) is 101 Å². The fraction of sp³-hybridized carbons (Fsp3) is 0.750. The van der Waals surface area contributed by atoms with Crippen LogP contribution in [0.3, 0.4) is 0 Å². The Morgan fingerprint density at radius 1 is 1.53 bits per heavy atom.